The third kappa shape index (κ3) is 6.59. The van der Waals surface area contributed by atoms with E-state index in [1.807, 2.05) is 21.1 Å². The molecule has 46 heavy (non-hydrogen) atoms. The molecule has 240 valence electrons. The predicted octanol–water partition coefficient (Wildman–Crippen LogP) is 4.62. The Labute approximate surface area is 263 Å². The number of aromatic nitrogens is 4. The van der Waals surface area contributed by atoms with E-state index in [9.17, 15) is 27.6 Å². The van der Waals surface area contributed by atoms with Gasteiger partial charge in [0.2, 0.25) is 0 Å². The zero-order chi connectivity index (χ0) is 33.4. The van der Waals surface area contributed by atoms with Gasteiger partial charge in [-0.25, -0.2) is 24.0 Å². The number of quaternary nitrogens is 1. The number of imidazole rings is 2. The Hall–Kier alpha value is -5.16. The van der Waals surface area contributed by atoms with Crippen molar-refractivity contribution in [2.24, 2.45) is 0 Å². The second kappa shape index (κ2) is 12.3. The van der Waals surface area contributed by atoms with Crippen molar-refractivity contribution in [3.63, 3.8) is 0 Å². The van der Waals surface area contributed by atoms with Crippen LogP contribution in [0.15, 0.2) is 65.7 Å². The Morgan fingerprint density at radius 2 is 1.74 bits per heavy atom. The van der Waals surface area contributed by atoms with E-state index < -0.39 is 23.5 Å². The number of carbonyl (C=O) groups excluding carboxylic acids is 2. The van der Waals surface area contributed by atoms with Gasteiger partial charge in [-0.05, 0) is 50.1 Å². The maximum atomic E-state index is 14.0. The molecule has 5 rings (SSSR count). The summed E-state index contributed by atoms with van der Waals surface area (Å²) in [5, 5.41) is 2.91. The lowest BCUT2D eigenvalue weighted by molar-refractivity contribution is -0.862. The molecule has 1 saturated heterocycles. The van der Waals surface area contributed by atoms with Gasteiger partial charge in [-0.1, -0.05) is 18.2 Å². The molecule has 2 amide bonds. The number of likely N-dealkylation sites (tertiary alicyclic amines) is 1. The normalized spacial score (nSPS) is 14.3. The molecule has 0 aliphatic carbocycles. The minimum absolute atomic E-state index is 0.0147. The number of amides is 2. The van der Waals surface area contributed by atoms with E-state index in [0.29, 0.717) is 48.3 Å². The molecule has 14 heteroatoms. The second-order valence-electron chi connectivity index (χ2n) is 12.2. The highest BCUT2D eigenvalue weighted by molar-refractivity contribution is 5.83. The summed E-state index contributed by atoms with van der Waals surface area (Å²) in [5.41, 5.74) is -0.565. The third-order valence-electron chi connectivity index (χ3n) is 7.81. The summed E-state index contributed by atoms with van der Waals surface area (Å²) in [4.78, 5) is 50.2. The fourth-order valence-electron chi connectivity index (χ4n) is 5.58. The molecule has 0 spiro atoms. The highest BCUT2D eigenvalue weighted by Gasteiger charge is 2.33. The Morgan fingerprint density at radius 3 is 2.35 bits per heavy atom. The summed E-state index contributed by atoms with van der Waals surface area (Å²) in [6.45, 7) is 9.98. The van der Waals surface area contributed by atoms with E-state index in [4.69, 9.17) is 6.57 Å². The van der Waals surface area contributed by atoms with Crippen molar-refractivity contribution < 1.29 is 27.2 Å². The van der Waals surface area contributed by atoms with Gasteiger partial charge < -0.3 is 14.7 Å². The van der Waals surface area contributed by atoms with Gasteiger partial charge in [0.1, 0.15) is 5.69 Å². The minimum atomic E-state index is -4.65. The molecule has 0 saturated carbocycles. The highest BCUT2D eigenvalue weighted by Crippen LogP contribution is 2.32. The molecule has 1 aliphatic heterocycles. The first kappa shape index (κ1) is 32.2. The molecule has 4 aromatic rings. The number of alkyl halides is 3. The van der Waals surface area contributed by atoms with E-state index in [1.54, 1.807) is 46.9 Å². The zero-order valence-electron chi connectivity index (χ0n) is 25.9. The van der Waals surface area contributed by atoms with Crippen molar-refractivity contribution in [1.29, 1.82) is 0 Å². The molecule has 3 heterocycles. The Balaban J connectivity index is 1.54. The van der Waals surface area contributed by atoms with Crippen LogP contribution < -0.4 is 11.0 Å². The number of nitrogens with zero attached hydrogens (tertiary/aromatic N) is 7. The van der Waals surface area contributed by atoms with Crippen molar-refractivity contribution in [1.82, 2.24) is 28.9 Å². The number of hydrogen-bond acceptors (Lipinski definition) is 4. The first-order valence-corrected chi connectivity index (χ1v) is 14.6. The van der Waals surface area contributed by atoms with Gasteiger partial charge in [-0.2, -0.15) is 13.2 Å². The lowest BCUT2D eigenvalue weighted by atomic mass is 10.1. The van der Waals surface area contributed by atoms with Gasteiger partial charge in [0.05, 0.1) is 44.7 Å². The monoisotopic (exact) mass is 635 g/mol. The molecule has 2 aromatic heterocycles. The number of rotatable bonds is 6. The lowest BCUT2D eigenvalue weighted by Crippen LogP contribution is -2.52. The molecule has 1 fully saturated rings. The number of hydrogen-bond donors (Lipinski definition) is 1. The minimum Gasteiger partial charge on any atom is -0.338 e. The summed E-state index contributed by atoms with van der Waals surface area (Å²) >= 11 is 0. The number of benzene rings is 2. The van der Waals surface area contributed by atoms with Gasteiger partial charge in [0.25, 0.3) is 5.91 Å². The van der Waals surface area contributed by atoms with Gasteiger partial charge in [-0.15, -0.1) is 0 Å². The molecule has 1 N–H and O–H groups in total. The standard InChI is InChI=1S/C32H33F3N8O3/c1-21-28(29-37-15-18-40(29)25-11-9-23(36-2)10-12-25)42(31(46)41(21)26-8-6-7-22(19-26)32(33,34)35)30(45)38-24-13-16-39(17-14-24)27(44)20-43(3,4)5/h6-12,15,18-19,24H,13-14,16-17,20H2,1,3-5H3/p+1. The van der Waals surface area contributed by atoms with Crippen molar-refractivity contribution in [2.75, 3.05) is 40.8 Å². The average molecular weight is 636 g/mol. The molecule has 11 nitrogen and oxygen atoms in total. The van der Waals surface area contributed by atoms with Crippen LogP contribution in [0.1, 0.15) is 24.1 Å². The fraction of sp³-hybridized carbons (Fsp3) is 0.344. The molecule has 0 atom stereocenters. The largest absolute Gasteiger partial charge is 0.416 e. The number of carbonyl (C=O) groups is 2. The van der Waals surface area contributed by atoms with Crippen LogP contribution in [-0.2, 0) is 11.0 Å². The molecule has 1 aliphatic rings. The van der Waals surface area contributed by atoms with E-state index in [-0.39, 0.29) is 34.8 Å². The van der Waals surface area contributed by atoms with Crippen LogP contribution in [-0.4, -0.2) is 86.8 Å². The predicted molar refractivity (Wildman–Crippen MR) is 165 cm³/mol. The van der Waals surface area contributed by atoms with Crippen LogP contribution in [0.5, 0.6) is 0 Å². The second-order valence-corrected chi connectivity index (χ2v) is 12.2. The van der Waals surface area contributed by atoms with Gasteiger partial charge in [0, 0.05) is 37.2 Å². The smallest absolute Gasteiger partial charge is 0.338 e. The van der Waals surface area contributed by atoms with Crippen molar-refractivity contribution in [3.8, 4) is 22.9 Å². The summed E-state index contributed by atoms with van der Waals surface area (Å²) < 4.78 is 44.9. The topological polar surface area (TPSA) is 98.5 Å². The Morgan fingerprint density at radius 1 is 1.07 bits per heavy atom. The van der Waals surface area contributed by atoms with Gasteiger partial charge in [-0.3, -0.25) is 13.9 Å². The van der Waals surface area contributed by atoms with Crippen LogP contribution >= 0.6 is 0 Å². The number of nitrogens with one attached hydrogen (secondary N) is 1. The first-order chi connectivity index (χ1) is 21.7. The van der Waals surface area contributed by atoms with Crippen LogP contribution in [0.3, 0.4) is 0 Å². The lowest BCUT2D eigenvalue weighted by Gasteiger charge is -2.34. The molecule has 0 bridgehead atoms. The highest BCUT2D eigenvalue weighted by atomic mass is 19.4. The van der Waals surface area contributed by atoms with Crippen LogP contribution in [0, 0.1) is 13.5 Å². The number of halogens is 3. The van der Waals surface area contributed by atoms with Gasteiger partial charge in [0.15, 0.2) is 18.1 Å². The molecule has 2 aromatic carbocycles. The van der Waals surface area contributed by atoms with E-state index in [0.717, 1.165) is 21.3 Å². The van der Waals surface area contributed by atoms with E-state index in [2.05, 4.69) is 15.1 Å². The Bertz CT molecular complexity index is 1870. The van der Waals surface area contributed by atoms with Crippen molar-refractivity contribution in [3.05, 3.63) is 94.1 Å². The molecular weight excluding hydrogens is 601 g/mol. The average Bonchev–Trinajstić information content (AvgIpc) is 3.58. The summed E-state index contributed by atoms with van der Waals surface area (Å²) in [6.07, 6.45) is -0.609. The van der Waals surface area contributed by atoms with Gasteiger partial charge >= 0.3 is 17.9 Å². The molecule has 0 unspecified atom stereocenters. The van der Waals surface area contributed by atoms with E-state index in [1.165, 1.54) is 18.3 Å². The van der Waals surface area contributed by atoms with Crippen LogP contribution in [0.4, 0.5) is 23.7 Å². The Kier molecular flexibility index (Phi) is 8.64. The molecular formula is C32H34F3N8O3+. The maximum Gasteiger partial charge on any atom is 0.416 e. The third-order valence-corrected chi connectivity index (χ3v) is 7.81. The summed E-state index contributed by atoms with van der Waals surface area (Å²) in [6, 6.07) is 9.84. The summed E-state index contributed by atoms with van der Waals surface area (Å²) in [5.74, 6) is 0.215. The quantitative estimate of drug-likeness (QED) is 0.247. The van der Waals surface area contributed by atoms with Crippen molar-refractivity contribution >= 4 is 17.6 Å². The van der Waals surface area contributed by atoms with Crippen molar-refractivity contribution in [2.45, 2.75) is 32.0 Å². The molecule has 0 radical (unpaired) electrons. The number of likely N-dealkylation sites (N-methyl/N-ethyl adjacent to an activating group) is 1. The number of piperidine rings is 1. The fourth-order valence-corrected chi connectivity index (χ4v) is 5.58. The van der Waals surface area contributed by atoms with Crippen LogP contribution in [0.25, 0.3) is 27.7 Å². The zero-order valence-corrected chi connectivity index (χ0v) is 25.9. The summed E-state index contributed by atoms with van der Waals surface area (Å²) in [7, 11) is 5.80. The van der Waals surface area contributed by atoms with Crippen LogP contribution in [0.2, 0.25) is 0 Å². The SMILES string of the molecule is [C-]#[N+]c1ccc(-n2ccnc2-c2c(C)n(-c3cccc(C(F)(F)F)c3)c(=O)n2C(=O)NC2CCN(C(=O)C[N+](C)(C)C)CC2)cc1. The van der Waals surface area contributed by atoms with E-state index >= 15 is 0 Å². The first-order valence-electron chi connectivity index (χ1n) is 14.6. The maximum absolute atomic E-state index is 14.0.